The summed E-state index contributed by atoms with van der Waals surface area (Å²) < 4.78 is 2.77. The van der Waals surface area contributed by atoms with Crippen molar-refractivity contribution in [1.82, 2.24) is 4.57 Å². The Morgan fingerprint density at radius 2 is 1.09 bits per heavy atom. The highest BCUT2D eigenvalue weighted by molar-refractivity contribution is 6.08. The number of unbranched alkanes of at least 4 members (excludes halogenated alkanes) is 2. The van der Waals surface area contributed by atoms with Crippen molar-refractivity contribution in [2.24, 2.45) is 11.8 Å². The first-order chi connectivity index (χ1) is 15.5. The maximum atomic E-state index is 2.77. The molecule has 0 saturated carbocycles. The molecule has 1 aromatic heterocycles. The molecule has 0 fully saturated rings. The summed E-state index contributed by atoms with van der Waals surface area (Å²) >= 11 is 0. The van der Waals surface area contributed by atoms with Crippen LogP contribution >= 0.6 is 0 Å². The van der Waals surface area contributed by atoms with Crippen LogP contribution in [0.1, 0.15) is 109 Å². The highest BCUT2D eigenvalue weighted by atomic mass is 15.0. The second kappa shape index (κ2) is 11.9. The summed E-state index contributed by atoms with van der Waals surface area (Å²) in [5.41, 5.74) is 5.64. The lowest BCUT2D eigenvalue weighted by atomic mass is 9.85. The van der Waals surface area contributed by atoms with Gasteiger partial charge in [0.1, 0.15) is 0 Å². The minimum Gasteiger partial charge on any atom is -0.337 e. The average molecular weight is 434 g/mol. The van der Waals surface area contributed by atoms with Crippen molar-refractivity contribution in [1.29, 1.82) is 0 Å². The summed E-state index contributed by atoms with van der Waals surface area (Å²) in [5.74, 6) is 1.65. The zero-order valence-electron chi connectivity index (χ0n) is 21.7. The largest absolute Gasteiger partial charge is 0.337 e. The highest BCUT2D eigenvalue weighted by Gasteiger charge is 2.24. The molecule has 0 spiro atoms. The van der Waals surface area contributed by atoms with Gasteiger partial charge in [-0.05, 0) is 61.8 Å². The molecule has 2 unspecified atom stereocenters. The number of nitrogens with zero attached hydrogens (tertiary/aromatic N) is 1. The zero-order chi connectivity index (χ0) is 23.1. The van der Waals surface area contributed by atoms with E-state index in [2.05, 4.69) is 82.5 Å². The van der Waals surface area contributed by atoms with E-state index in [1.165, 1.54) is 97.1 Å². The lowest BCUT2D eigenvalue weighted by Gasteiger charge is -2.29. The van der Waals surface area contributed by atoms with Gasteiger partial charge in [-0.3, -0.25) is 0 Å². The van der Waals surface area contributed by atoms with Gasteiger partial charge in [0, 0.05) is 27.8 Å². The summed E-state index contributed by atoms with van der Waals surface area (Å²) in [6.07, 6.45) is 13.4. The van der Waals surface area contributed by atoms with Crippen molar-refractivity contribution in [3.05, 3.63) is 47.5 Å². The highest BCUT2D eigenvalue weighted by Crippen LogP contribution is 2.39. The second-order valence-corrected chi connectivity index (χ2v) is 10.4. The van der Waals surface area contributed by atoms with Crippen molar-refractivity contribution in [3.63, 3.8) is 0 Å². The van der Waals surface area contributed by atoms with Gasteiger partial charge < -0.3 is 4.57 Å². The Morgan fingerprint density at radius 1 is 0.656 bits per heavy atom. The van der Waals surface area contributed by atoms with Gasteiger partial charge in [0.05, 0.1) is 0 Å². The molecule has 3 aromatic rings. The third-order valence-corrected chi connectivity index (χ3v) is 7.78. The molecule has 1 heterocycles. The molecule has 0 amide bonds. The lowest BCUT2D eigenvalue weighted by molar-refractivity contribution is 0.279. The van der Waals surface area contributed by atoms with Crippen LogP contribution in [-0.4, -0.2) is 4.57 Å². The zero-order valence-corrected chi connectivity index (χ0v) is 21.7. The van der Waals surface area contributed by atoms with Gasteiger partial charge in [-0.25, -0.2) is 0 Å². The number of aromatic nitrogens is 1. The fourth-order valence-corrected chi connectivity index (χ4v) is 5.70. The first-order valence-corrected chi connectivity index (χ1v) is 13.5. The molecule has 0 N–H and O–H groups in total. The number of aryl methyl sites for hydroxylation is 2. The molecule has 0 saturated heterocycles. The van der Waals surface area contributed by atoms with Gasteiger partial charge in [0.25, 0.3) is 0 Å². The molecule has 32 heavy (non-hydrogen) atoms. The van der Waals surface area contributed by atoms with E-state index in [4.69, 9.17) is 0 Å². The van der Waals surface area contributed by atoms with Crippen LogP contribution in [0.2, 0.25) is 0 Å². The third-order valence-electron chi connectivity index (χ3n) is 7.78. The summed E-state index contributed by atoms with van der Waals surface area (Å²) in [6, 6.07) is 14.8. The summed E-state index contributed by atoms with van der Waals surface area (Å²) in [7, 11) is 0. The van der Waals surface area contributed by atoms with Crippen LogP contribution in [-0.2, 0) is 0 Å². The van der Waals surface area contributed by atoms with E-state index in [9.17, 15) is 0 Å². The maximum Gasteiger partial charge on any atom is 0.0496 e. The van der Waals surface area contributed by atoms with E-state index in [-0.39, 0.29) is 0 Å². The molecule has 176 valence electrons. The van der Waals surface area contributed by atoms with E-state index >= 15 is 0 Å². The van der Waals surface area contributed by atoms with Crippen LogP contribution in [0.5, 0.6) is 0 Å². The lowest BCUT2D eigenvalue weighted by Crippen LogP contribution is -2.18. The van der Waals surface area contributed by atoms with E-state index in [0.717, 1.165) is 11.8 Å². The molecule has 2 aromatic carbocycles. The third kappa shape index (κ3) is 5.77. The molecule has 0 aliphatic rings. The van der Waals surface area contributed by atoms with Gasteiger partial charge in [-0.15, -0.1) is 0 Å². The topological polar surface area (TPSA) is 4.93 Å². The monoisotopic (exact) mass is 433 g/mol. The average Bonchev–Trinajstić information content (AvgIpc) is 3.10. The Morgan fingerprint density at radius 3 is 1.47 bits per heavy atom. The molecule has 0 aliphatic heterocycles. The smallest absolute Gasteiger partial charge is 0.0496 e. The van der Waals surface area contributed by atoms with Crippen LogP contribution in [0.15, 0.2) is 36.4 Å². The number of hydrogen-bond donors (Lipinski definition) is 0. The minimum atomic E-state index is 0.585. The van der Waals surface area contributed by atoms with Gasteiger partial charge in [0.2, 0.25) is 0 Å². The van der Waals surface area contributed by atoms with Crippen molar-refractivity contribution >= 4 is 21.8 Å². The van der Waals surface area contributed by atoms with E-state index in [1.54, 1.807) is 0 Å². The van der Waals surface area contributed by atoms with E-state index in [0.29, 0.717) is 6.04 Å². The van der Waals surface area contributed by atoms with Gasteiger partial charge in [0.15, 0.2) is 0 Å². The quantitative estimate of drug-likeness (QED) is 0.252. The summed E-state index contributed by atoms with van der Waals surface area (Å²) in [6.45, 7) is 14.0. The minimum absolute atomic E-state index is 0.585. The normalized spacial score (nSPS) is 14.8. The second-order valence-electron chi connectivity index (χ2n) is 10.4. The first kappa shape index (κ1) is 24.9. The Hall–Kier alpha value is -1.76. The predicted octanol–water partition coefficient (Wildman–Crippen LogP) is 10.2. The Labute approximate surface area is 197 Å². The Kier molecular flexibility index (Phi) is 9.26. The van der Waals surface area contributed by atoms with Crippen LogP contribution in [0.25, 0.3) is 21.8 Å². The van der Waals surface area contributed by atoms with Crippen LogP contribution in [0.3, 0.4) is 0 Å². The number of hydrogen-bond acceptors (Lipinski definition) is 0. The molecule has 0 radical (unpaired) electrons. The van der Waals surface area contributed by atoms with Gasteiger partial charge in [-0.1, -0.05) is 103 Å². The van der Waals surface area contributed by atoms with Crippen molar-refractivity contribution in [2.45, 2.75) is 112 Å². The van der Waals surface area contributed by atoms with E-state index < -0.39 is 0 Å². The SMILES string of the molecule is CCCCC(CC)CC(CC(CC)CCCC)n1c2cc(C)ccc2c2ccc(C)cc21. The van der Waals surface area contributed by atoms with Gasteiger partial charge in [-0.2, -0.15) is 0 Å². The molecule has 0 aliphatic carbocycles. The molecule has 1 nitrogen and oxygen atoms in total. The van der Waals surface area contributed by atoms with Crippen LogP contribution < -0.4 is 0 Å². The van der Waals surface area contributed by atoms with E-state index in [1.807, 2.05) is 0 Å². The molecular formula is C31H47N. The fourth-order valence-electron chi connectivity index (χ4n) is 5.70. The fraction of sp³-hybridized carbons (Fsp3) is 0.613. The Bertz CT molecular complexity index is 902. The maximum absolute atomic E-state index is 2.77. The number of benzene rings is 2. The number of rotatable bonds is 13. The molecule has 2 atom stereocenters. The first-order valence-electron chi connectivity index (χ1n) is 13.5. The van der Waals surface area contributed by atoms with Gasteiger partial charge >= 0.3 is 0 Å². The van der Waals surface area contributed by atoms with Crippen molar-refractivity contribution < 1.29 is 0 Å². The van der Waals surface area contributed by atoms with Crippen molar-refractivity contribution in [3.8, 4) is 0 Å². The Balaban J connectivity index is 2.12. The summed E-state index contributed by atoms with van der Waals surface area (Å²) in [4.78, 5) is 0. The molecular weight excluding hydrogens is 386 g/mol. The van der Waals surface area contributed by atoms with Crippen molar-refractivity contribution in [2.75, 3.05) is 0 Å². The standard InChI is InChI=1S/C31H47N/c1-7-11-13-25(9-3)21-27(22-26(10-4)14-12-8-2)32-30-19-23(5)15-17-28(30)29-18-16-24(6)20-31(29)32/h15-20,25-27H,7-14,21-22H2,1-6H3. The molecule has 1 heteroatoms. The van der Waals surface area contributed by atoms with Crippen LogP contribution in [0.4, 0.5) is 0 Å². The molecule has 3 rings (SSSR count). The summed E-state index contributed by atoms with van der Waals surface area (Å²) in [5, 5.41) is 2.86. The number of fused-ring (bicyclic) bond motifs is 3. The molecule has 0 bridgehead atoms. The van der Waals surface area contributed by atoms with Crippen LogP contribution in [0, 0.1) is 25.7 Å². The predicted molar refractivity (Wildman–Crippen MR) is 144 cm³/mol.